The predicted molar refractivity (Wildman–Crippen MR) is 111 cm³/mol. The number of hydrogen-bond donors (Lipinski definition) is 0. The fourth-order valence-corrected chi connectivity index (χ4v) is 7.19. The van der Waals surface area contributed by atoms with E-state index in [0.29, 0.717) is 12.8 Å². The summed E-state index contributed by atoms with van der Waals surface area (Å²) in [5.74, 6) is -0.128. The Labute approximate surface area is 179 Å². The molecule has 27 heavy (non-hydrogen) atoms. The van der Waals surface area contributed by atoms with E-state index in [-0.39, 0.29) is 29.9 Å². The number of rotatable bonds is 7. The first kappa shape index (κ1) is 21.6. The van der Waals surface area contributed by atoms with Crippen LogP contribution in [-0.2, 0) is 9.53 Å². The summed E-state index contributed by atoms with van der Waals surface area (Å²) in [7, 11) is -2.12. The highest BCUT2D eigenvalue weighted by Crippen LogP contribution is 2.55. The maximum absolute atomic E-state index is 12.7. The molecule has 0 N–H and O–H groups in total. The van der Waals surface area contributed by atoms with Crippen molar-refractivity contribution in [1.29, 1.82) is 0 Å². The Morgan fingerprint density at radius 3 is 1.44 bits per heavy atom. The van der Waals surface area contributed by atoms with E-state index in [4.69, 9.17) is 4.74 Å². The molecule has 0 heterocycles. The van der Waals surface area contributed by atoms with Gasteiger partial charge in [0.1, 0.15) is 23.2 Å². The normalized spacial score (nSPS) is 10.7. The molecule has 140 valence electrons. The smallest absolute Gasteiger partial charge is 0.345 e. The molecule has 0 aromatic heterocycles. The third-order valence-electron chi connectivity index (χ3n) is 4.42. The zero-order valence-corrected chi connectivity index (χ0v) is 18.5. The quantitative estimate of drug-likeness (QED) is 0.280. The lowest BCUT2D eigenvalue weighted by Gasteiger charge is -2.26. The summed E-state index contributed by atoms with van der Waals surface area (Å²) in [6.45, 7) is 2.48. The van der Waals surface area contributed by atoms with Crippen molar-refractivity contribution in [2.75, 3.05) is 12.8 Å². The molecule has 0 aliphatic heterocycles. The first-order valence-electron chi connectivity index (χ1n) is 8.98. The van der Waals surface area contributed by atoms with E-state index >= 15 is 0 Å². The molecule has 0 radical (unpaired) electrons. The molecule has 0 aliphatic carbocycles. The number of benzene rings is 3. The molecule has 3 rings (SSSR count). The highest BCUT2D eigenvalue weighted by Gasteiger charge is 2.47. The van der Waals surface area contributed by atoms with Gasteiger partial charge in [0.25, 0.3) is 0 Å². The van der Waals surface area contributed by atoms with Crippen LogP contribution in [0.4, 0.5) is 0 Å². The SMILES string of the molecule is CCCOC(=O)C[P+](c1ccccc1)(c1ccccc1)c1ccccc1.[I-]. The molecule has 0 amide bonds. The first-order valence-corrected chi connectivity index (χ1v) is 11.0. The molecule has 0 saturated heterocycles. The van der Waals surface area contributed by atoms with E-state index in [0.717, 1.165) is 6.42 Å². The highest BCUT2D eigenvalue weighted by atomic mass is 127. The van der Waals surface area contributed by atoms with Gasteiger partial charge in [0.15, 0.2) is 6.16 Å². The van der Waals surface area contributed by atoms with Crippen LogP contribution >= 0.6 is 7.26 Å². The maximum atomic E-state index is 12.7. The Morgan fingerprint density at radius 1 is 0.741 bits per heavy atom. The Kier molecular flexibility index (Phi) is 8.46. The van der Waals surface area contributed by atoms with Crippen molar-refractivity contribution in [2.45, 2.75) is 13.3 Å². The lowest BCUT2D eigenvalue weighted by atomic mass is 10.4. The third-order valence-corrected chi connectivity index (χ3v) is 8.70. The first-order chi connectivity index (χ1) is 12.8. The maximum Gasteiger partial charge on any atom is 0.345 e. The second-order valence-electron chi connectivity index (χ2n) is 6.19. The number of hydrogen-bond acceptors (Lipinski definition) is 2. The van der Waals surface area contributed by atoms with Crippen molar-refractivity contribution in [2.24, 2.45) is 0 Å². The molecule has 4 heteroatoms. The predicted octanol–water partition coefficient (Wildman–Crippen LogP) is 0.938. The molecule has 0 saturated carbocycles. The second-order valence-corrected chi connectivity index (χ2v) is 9.68. The summed E-state index contributed by atoms with van der Waals surface area (Å²) < 4.78 is 5.50. The van der Waals surface area contributed by atoms with E-state index in [1.807, 2.05) is 61.5 Å². The van der Waals surface area contributed by atoms with Crippen molar-refractivity contribution in [3.63, 3.8) is 0 Å². The van der Waals surface area contributed by atoms with Gasteiger partial charge in [-0.2, -0.15) is 0 Å². The summed E-state index contributed by atoms with van der Waals surface area (Å²) in [4.78, 5) is 12.7. The van der Waals surface area contributed by atoms with Gasteiger partial charge in [-0.1, -0.05) is 61.5 Å². The Balaban J connectivity index is 0.00000261. The van der Waals surface area contributed by atoms with Crippen LogP contribution in [0.15, 0.2) is 91.0 Å². The minimum Gasteiger partial charge on any atom is -1.00 e. The van der Waals surface area contributed by atoms with Gasteiger partial charge in [-0.05, 0) is 42.8 Å². The molecule has 0 atom stereocenters. The number of carbonyl (C=O) groups is 1. The fourth-order valence-electron chi connectivity index (χ4n) is 3.22. The standard InChI is InChI=1S/C23H24O2P.HI/c1-2-18-25-23(24)19-26(20-12-6-3-7-13-20,21-14-8-4-9-15-21)22-16-10-5-11-17-22;/h3-17H,2,18-19H2,1H3;1H/q+1;/p-1. The average Bonchev–Trinajstić information content (AvgIpc) is 2.72. The monoisotopic (exact) mass is 490 g/mol. The molecule has 0 spiro atoms. The summed E-state index contributed by atoms with van der Waals surface area (Å²) >= 11 is 0. The van der Waals surface area contributed by atoms with Gasteiger partial charge in [-0.3, -0.25) is 0 Å². The lowest BCUT2D eigenvalue weighted by Crippen LogP contribution is -3.00. The summed E-state index contributed by atoms with van der Waals surface area (Å²) in [5, 5.41) is 3.60. The molecule has 0 bridgehead atoms. The summed E-state index contributed by atoms with van der Waals surface area (Å²) in [6.07, 6.45) is 1.21. The summed E-state index contributed by atoms with van der Waals surface area (Å²) in [6, 6.07) is 31.2. The van der Waals surface area contributed by atoms with Crippen LogP contribution in [0.2, 0.25) is 0 Å². The number of esters is 1. The van der Waals surface area contributed by atoms with Gasteiger partial charge in [-0.25, -0.2) is 4.79 Å². The zero-order chi connectivity index (χ0) is 18.2. The highest BCUT2D eigenvalue weighted by molar-refractivity contribution is 7.96. The molecule has 2 nitrogen and oxygen atoms in total. The van der Waals surface area contributed by atoms with Crippen molar-refractivity contribution in [3.8, 4) is 0 Å². The fraction of sp³-hybridized carbons (Fsp3) is 0.174. The van der Waals surface area contributed by atoms with Crippen LogP contribution < -0.4 is 39.9 Å². The minimum atomic E-state index is -2.12. The number of carbonyl (C=O) groups excluding carboxylic acids is 1. The molecule has 0 aliphatic rings. The Hall–Kier alpha value is -1.71. The average molecular weight is 490 g/mol. The van der Waals surface area contributed by atoms with Gasteiger partial charge in [0.2, 0.25) is 0 Å². The number of ether oxygens (including phenoxy) is 1. The molecule has 3 aromatic carbocycles. The van der Waals surface area contributed by atoms with E-state index in [9.17, 15) is 4.79 Å². The molecule has 0 unspecified atom stereocenters. The van der Waals surface area contributed by atoms with Gasteiger partial charge >= 0.3 is 5.97 Å². The van der Waals surface area contributed by atoms with Crippen LogP contribution in [0, 0.1) is 0 Å². The molecular weight excluding hydrogens is 466 g/mol. The van der Waals surface area contributed by atoms with Crippen LogP contribution in [0.3, 0.4) is 0 Å². The van der Waals surface area contributed by atoms with Crippen LogP contribution in [0.1, 0.15) is 13.3 Å². The Morgan fingerprint density at radius 2 is 1.11 bits per heavy atom. The van der Waals surface area contributed by atoms with E-state index in [2.05, 4.69) is 36.4 Å². The zero-order valence-electron chi connectivity index (χ0n) is 15.4. The summed E-state index contributed by atoms with van der Waals surface area (Å²) in [5.41, 5.74) is 0. The molecular formula is C23H24IO2P. The molecule has 0 fully saturated rings. The lowest BCUT2D eigenvalue weighted by molar-refractivity contribution is -0.140. The van der Waals surface area contributed by atoms with E-state index in [1.54, 1.807) is 0 Å². The Bertz CT molecular complexity index is 726. The van der Waals surface area contributed by atoms with Crippen LogP contribution in [0.5, 0.6) is 0 Å². The molecule has 3 aromatic rings. The van der Waals surface area contributed by atoms with Gasteiger partial charge in [0.05, 0.1) is 6.61 Å². The van der Waals surface area contributed by atoms with Gasteiger partial charge < -0.3 is 28.7 Å². The van der Waals surface area contributed by atoms with Crippen LogP contribution in [-0.4, -0.2) is 18.7 Å². The van der Waals surface area contributed by atoms with E-state index < -0.39 is 7.26 Å². The van der Waals surface area contributed by atoms with Crippen molar-refractivity contribution in [1.82, 2.24) is 0 Å². The number of halogens is 1. The van der Waals surface area contributed by atoms with E-state index in [1.165, 1.54) is 15.9 Å². The van der Waals surface area contributed by atoms with Gasteiger partial charge in [-0.15, -0.1) is 0 Å². The van der Waals surface area contributed by atoms with Crippen molar-refractivity contribution < 1.29 is 33.5 Å². The second kappa shape index (κ2) is 10.6. The van der Waals surface area contributed by atoms with Gasteiger partial charge in [0, 0.05) is 0 Å². The van der Waals surface area contributed by atoms with Crippen molar-refractivity contribution in [3.05, 3.63) is 91.0 Å². The third kappa shape index (κ3) is 4.97. The minimum absolute atomic E-state index is 0. The topological polar surface area (TPSA) is 26.3 Å². The largest absolute Gasteiger partial charge is 1.00 e. The van der Waals surface area contributed by atoms with Crippen LogP contribution in [0.25, 0.3) is 0 Å². The van der Waals surface area contributed by atoms with Crippen molar-refractivity contribution >= 4 is 29.1 Å².